The molecular formula is C15H20N2O3S. The number of rotatable bonds is 3. The summed E-state index contributed by atoms with van der Waals surface area (Å²) in [7, 11) is 0. The summed E-state index contributed by atoms with van der Waals surface area (Å²) in [4.78, 5) is 29.0. The molecule has 0 bridgehead atoms. The average molecular weight is 308 g/mol. The van der Waals surface area contributed by atoms with Gasteiger partial charge >= 0.3 is 6.09 Å². The molecule has 1 saturated heterocycles. The smallest absolute Gasteiger partial charge is 0.409 e. The highest BCUT2D eigenvalue weighted by atomic mass is 32.1. The van der Waals surface area contributed by atoms with Crippen molar-refractivity contribution in [2.24, 2.45) is 5.92 Å². The van der Waals surface area contributed by atoms with Gasteiger partial charge in [0.25, 0.3) is 0 Å². The number of carbonyl (C=O) groups is 2. The second-order valence-corrected chi connectivity index (χ2v) is 6.45. The summed E-state index contributed by atoms with van der Waals surface area (Å²) in [6.07, 6.45) is 0.699. The van der Waals surface area contributed by atoms with Gasteiger partial charge in [0.1, 0.15) is 0 Å². The highest BCUT2D eigenvalue weighted by Gasteiger charge is 2.46. The minimum atomic E-state index is -0.271. The summed E-state index contributed by atoms with van der Waals surface area (Å²) in [5.74, 6) is 0.815. The van der Waals surface area contributed by atoms with E-state index >= 15 is 0 Å². The van der Waals surface area contributed by atoms with Crippen LogP contribution in [0.3, 0.4) is 0 Å². The van der Waals surface area contributed by atoms with Crippen molar-refractivity contribution in [2.45, 2.75) is 19.3 Å². The molecule has 0 aromatic carbocycles. The Morgan fingerprint density at radius 1 is 1.29 bits per heavy atom. The fourth-order valence-electron chi connectivity index (χ4n) is 2.84. The number of nitrogens with zero attached hydrogens (tertiary/aromatic N) is 2. The largest absolute Gasteiger partial charge is 0.450 e. The van der Waals surface area contributed by atoms with Crippen molar-refractivity contribution in [1.82, 2.24) is 9.80 Å². The first-order chi connectivity index (χ1) is 10.2. The topological polar surface area (TPSA) is 49.9 Å². The summed E-state index contributed by atoms with van der Waals surface area (Å²) in [6, 6.07) is 4.15. The maximum Gasteiger partial charge on any atom is 0.409 e. The molecule has 2 aliphatic rings. The molecule has 5 nitrogen and oxygen atoms in total. The van der Waals surface area contributed by atoms with Crippen LogP contribution in [-0.4, -0.2) is 54.6 Å². The molecule has 2 fully saturated rings. The first-order valence-corrected chi connectivity index (χ1v) is 8.32. The molecule has 0 N–H and O–H groups in total. The molecule has 21 heavy (non-hydrogen) atoms. The summed E-state index contributed by atoms with van der Waals surface area (Å²) >= 11 is 1.73. The van der Waals surface area contributed by atoms with Gasteiger partial charge in [-0.2, -0.15) is 0 Å². The molecule has 6 heteroatoms. The van der Waals surface area contributed by atoms with E-state index < -0.39 is 0 Å². The van der Waals surface area contributed by atoms with Crippen LogP contribution in [-0.2, 0) is 9.53 Å². The van der Waals surface area contributed by atoms with E-state index in [9.17, 15) is 9.59 Å². The molecular weight excluding hydrogens is 288 g/mol. The SMILES string of the molecule is CCOC(=O)N1CCN(C(=O)C2CC2c2cccs2)CC1. The zero-order valence-corrected chi connectivity index (χ0v) is 13.0. The van der Waals surface area contributed by atoms with Gasteiger partial charge < -0.3 is 14.5 Å². The zero-order chi connectivity index (χ0) is 14.8. The van der Waals surface area contributed by atoms with E-state index in [-0.39, 0.29) is 17.9 Å². The van der Waals surface area contributed by atoms with Crippen molar-refractivity contribution in [3.63, 3.8) is 0 Å². The Balaban J connectivity index is 1.49. The molecule has 1 aromatic rings. The van der Waals surface area contributed by atoms with Crippen LogP contribution in [0.25, 0.3) is 0 Å². The first kappa shape index (κ1) is 14.4. The van der Waals surface area contributed by atoms with Crippen molar-refractivity contribution in [2.75, 3.05) is 32.8 Å². The molecule has 1 aromatic heterocycles. The average Bonchev–Trinajstić information content (AvgIpc) is 3.12. The maximum absolute atomic E-state index is 12.5. The Hall–Kier alpha value is -1.56. The van der Waals surface area contributed by atoms with E-state index in [0.29, 0.717) is 38.7 Å². The van der Waals surface area contributed by atoms with Gasteiger partial charge in [0.05, 0.1) is 6.61 Å². The molecule has 2 unspecified atom stereocenters. The third kappa shape index (κ3) is 3.05. The van der Waals surface area contributed by atoms with E-state index in [0.717, 1.165) is 6.42 Å². The highest BCUT2D eigenvalue weighted by molar-refractivity contribution is 7.10. The van der Waals surface area contributed by atoms with Gasteiger partial charge in [0.2, 0.25) is 5.91 Å². The Morgan fingerprint density at radius 2 is 2.00 bits per heavy atom. The molecule has 0 spiro atoms. The van der Waals surface area contributed by atoms with Gasteiger partial charge in [-0.15, -0.1) is 11.3 Å². The molecule has 1 saturated carbocycles. The fraction of sp³-hybridized carbons (Fsp3) is 0.600. The highest BCUT2D eigenvalue weighted by Crippen LogP contribution is 2.50. The first-order valence-electron chi connectivity index (χ1n) is 7.44. The van der Waals surface area contributed by atoms with E-state index in [4.69, 9.17) is 4.74 Å². The number of carbonyl (C=O) groups excluding carboxylic acids is 2. The van der Waals surface area contributed by atoms with Gasteiger partial charge in [-0.1, -0.05) is 6.07 Å². The van der Waals surface area contributed by atoms with Gasteiger partial charge in [-0.05, 0) is 24.8 Å². The molecule has 1 aliphatic heterocycles. The predicted octanol–water partition coefficient (Wildman–Crippen LogP) is 2.15. The van der Waals surface area contributed by atoms with Crippen LogP contribution in [0.5, 0.6) is 0 Å². The van der Waals surface area contributed by atoms with Gasteiger partial charge in [0.15, 0.2) is 0 Å². The molecule has 0 radical (unpaired) electrons. The lowest BCUT2D eigenvalue weighted by Gasteiger charge is -2.34. The number of piperazine rings is 1. The van der Waals surface area contributed by atoms with Crippen molar-refractivity contribution in [3.05, 3.63) is 22.4 Å². The van der Waals surface area contributed by atoms with Crippen LogP contribution in [0.1, 0.15) is 24.1 Å². The summed E-state index contributed by atoms with van der Waals surface area (Å²) in [5, 5.41) is 2.06. The van der Waals surface area contributed by atoms with Crippen LogP contribution in [0.15, 0.2) is 17.5 Å². The zero-order valence-electron chi connectivity index (χ0n) is 12.2. The van der Waals surface area contributed by atoms with Crippen molar-refractivity contribution >= 4 is 23.3 Å². The van der Waals surface area contributed by atoms with Crippen LogP contribution in [0, 0.1) is 5.92 Å². The van der Waals surface area contributed by atoms with Crippen LogP contribution < -0.4 is 0 Å². The number of thiophene rings is 1. The van der Waals surface area contributed by atoms with E-state index in [1.807, 2.05) is 11.0 Å². The lowest BCUT2D eigenvalue weighted by atomic mass is 10.2. The van der Waals surface area contributed by atoms with Crippen molar-refractivity contribution in [1.29, 1.82) is 0 Å². The number of hydrogen-bond donors (Lipinski definition) is 0. The Bertz CT molecular complexity index is 509. The molecule has 2 heterocycles. The summed E-state index contributed by atoms with van der Waals surface area (Å²) < 4.78 is 4.99. The molecule has 2 atom stereocenters. The monoisotopic (exact) mass is 308 g/mol. The lowest BCUT2D eigenvalue weighted by molar-refractivity contribution is -0.134. The van der Waals surface area contributed by atoms with Crippen LogP contribution in [0.4, 0.5) is 4.79 Å². The van der Waals surface area contributed by atoms with E-state index in [2.05, 4.69) is 11.4 Å². The molecule has 114 valence electrons. The minimum Gasteiger partial charge on any atom is -0.450 e. The Morgan fingerprint density at radius 3 is 2.62 bits per heavy atom. The predicted molar refractivity (Wildman–Crippen MR) is 80.3 cm³/mol. The van der Waals surface area contributed by atoms with Gasteiger partial charge in [-0.25, -0.2) is 4.79 Å². The molecule has 1 aliphatic carbocycles. The van der Waals surface area contributed by atoms with Crippen molar-refractivity contribution in [3.8, 4) is 0 Å². The third-order valence-electron chi connectivity index (χ3n) is 4.13. The summed E-state index contributed by atoms with van der Waals surface area (Å²) in [5.41, 5.74) is 0. The third-order valence-corrected chi connectivity index (χ3v) is 5.14. The molecule has 2 amide bonds. The van der Waals surface area contributed by atoms with Gasteiger partial charge in [0, 0.05) is 42.9 Å². The fourth-order valence-corrected chi connectivity index (χ4v) is 3.75. The maximum atomic E-state index is 12.5. The van der Waals surface area contributed by atoms with Crippen molar-refractivity contribution < 1.29 is 14.3 Å². The van der Waals surface area contributed by atoms with Crippen LogP contribution in [0.2, 0.25) is 0 Å². The normalized spacial score (nSPS) is 24.8. The standard InChI is InChI=1S/C15H20N2O3S/c1-2-20-15(19)17-7-5-16(6-8-17)14(18)12-10-11(12)13-4-3-9-21-13/h3-4,9,11-12H,2,5-8,10H2,1H3. The Kier molecular flexibility index (Phi) is 4.14. The van der Waals surface area contributed by atoms with Gasteiger partial charge in [-0.3, -0.25) is 4.79 Å². The summed E-state index contributed by atoms with van der Waals surface area (Å²) in [6.45, 7) is 4.57. The quantitative estimate of drug-likeness (QED) is 0.860. The second-order valence-electron chi connectivity index (χ2n) is 5.48. The van der Waals surface area contributed by atoms with E-state index in [1.165, 1.54) is 4.88 Å². The second kappa shape index (κ2) is 6.05. The lowest BCUT2D eigenvalue weighted by Crippen LogP contribution is -2.51. The number of ether oxygens (including phenoxy) is 1. The minimum absolute atomic E-state index is 0.151. The number of amides is 2. The van der Waals surface area contributed by atoms with E-state index in [1.54, 1.807) is 23.2 Å². The van der Waals surface area contributed by atoms with Crippen LogP contribution >= 0.6 is 11.3 Å². The Labute approximate surface area is 128 Å². The molecule has 3 rings (SSSR count). The number of hydrogen-bond acceptors (Lipinski definition) is 4.